The second-order valence-electron chi connectivity index (χ2n) is 5.44. The molecule has 118 valence electrons. The minimum absolute atomic E-state index is 0. The number of benzene rings is 1. The second-order valence-corrected chi connectivity index (χ2v) is 5.44. The summed E-state index contributed by atoms with van der Waals surface area (Å²) in [4.78, 5) is 0. The molecule has 1 aromatic rings. The molecule has 2 nitrogen and oxygen atoms in total. The maximum atomic E-state index is 5.25. The topological polar surface area (TPSA) is 21.3 Å². The van der Waals surface area contributed by atoms with Gasteiger partial charge in [-0.2, -0.15) is 0 Å². The third-order valence-electron chi connectivity index (χ3n) is 3.99. The van der Waals surface area contributed by atoms with Crippen LogP contribution in [0.3, 0.4) is 0 Å². The van der Waals surface area contributed by atoms with Gasteiger partial charge in [0.2, 0.25) is 0 Å². The number of anilines is 1. The van der Waals surface area contributed by atoms with Crippen LogP contribution in [0.5, 0.6) is 5.75 Å². The van der Waals surface area contributed by atoms with Crippen LogP contribution in [-0.2, 0) is 23.5 Å². The fraction of sp³-hybridized carbons (Fsp3) is 0.200. The molecule has 1 N–H and O–H groups in total. The van der Waals surface area contributed by atoms with Gasteiger partial charge >= 0.3 is 17.1 Å². The molecule has 4 rings (SSSR count). The summed E-state index contributed by atoms with van der Waals surface area (Å²) in [6.45, 7) is 0. The van der Waals surface area contributed by atoms with Crippen LogP contribution >= 0.6 is 0 Å². The van der Waals surface area contributed by atoms with E-state index >= 15 is 0 Å². The van der Waals surface area contributed by atoms with Crippen molar-refractivity contribution in [1.82, 2.24) is 0 Å². The van der Waals surface area contributed by atoms with Crippen molar-refractivity contribution in [2.75, 3.05) is 12.4 Å². The average molecular weight is 347 g/mol. The number of methoxy groups -OCH3 is 1. The molecular formula is C20H21FeNO+2. The van der Waals surface area contributed by atoms with Gasteiger partial charge < -0.3 is 10.1 Å². The van der Waals surface area contributed by atoms with Crippen molar-refractivity contribution in [3.05, 3.63) is 87.5 Å². The van der Waals surface area contributed by atoms with E-state index in [4.69, 9.17) is 4.74 Å². The quantitative estimate of drug-likeness (QED) is 0.821. The summed E-state index contributed by atoms with van der Waals surface area (Å²) in [5, 5.41) is 3.60. The Morgan fingerprint density at radius 3 is 2.22 bits per heavy atom. The maximum Gasteiger partial charge on any atom is 2.00 e. The van der Waals surface area contributed by atoms with Gasteiger partial charge in [0.15, 0.2) is 0 Å². The molecule has 0 spiro atoms. The fourth-order valence-corrected chi connectivity index (χ4v) is 2.80. The first-order chi connectivity index (χ1) is 10.9. The van der Waals surface area contributed by atoms with Gasteiger partial charge in [0.05, 0.1) is 7.11 Å². The zero-order chi connectivity index (χ0) is 15.2. The van der Waals surface area contributed by atoms with E-state index in [0.29, 0.717) is 6.04 Å². The molecule has 2 fully saturated rings. The SMILES string of the molecule is COc1ccc2c(c1)CCC([C]1[CH][CH][CH][CH]1)N2.[CH]1[CH][CH][CH][CH]1.[Fe+2]. The molecule has 1 aliphatic heterocycles. The Kier molecular flexibility index (Phi) is 7.79. The van der Waals surface area contributed by atoms with Crippen LogP contribution < -0.4 is 10.1 Å². The molecule has 10 radical (unpaired) electrons. The van der Waals surface area contributed by atoms with Crippen LogP contribution in [0.2, 0.25) is 0 Å². The van der Waals surface area contributed by atoms with E-state index in [1.54, 1.807) is 7.11 Å². The smallest absolute Gasteiger partial charge is 0.497 e. The predicted octanol–water partition coefficient (Wildman–Crippen LogP) is 3.85. The Morgan fingerprint density at radius 1 is 0.957 bits per heavy atom. The zero-order valence-electron chi connectivity index (χ0n) is 13.2. The van der Waals surface area contributed by atoms with E-state index in [-0.39, 0.29) is 17.1 Å². The first-order valence-corrected chi connectivity index (χ1v) is 7.68. The van der Waals surface area contributed by atoms with Gasteiger partial charge in [0.1, 0.15) is 5.75 Å². The van der Waals surface area contributed by atoms with Crippen molar-refractivity contribution in [3.8, 4) is 5.75 Å². The molecule has 3 aliphatic rings. The van der Waals surface area contributed by atoms with E-state index in [9.17, 15) is 0 Å². The minimum Gasteiger partial charge on any atom is -0.497 e. The molecule has 2 aliphatic carbocycles. The molecular weight excluding hydrogens is 326 g/mol. The van der Waals surface area contributed by atoms with Crippen molar-refractivity contribution in [2.24, 2.45) is 0 Å². The predicted molar refractivity (Wildman–Crippen MR) is 90.7 cm³/mol. The fourth-order valence-electron chi connectivity index (χ4n) is 2.80. The monoisotopic (exact) mass is 347 g/mol. The zero-order valence-corrected chi connectivity index (χ0v) is 14.3. The third-order valence-corrected chi connectivity index (χ3v) is 3.99. The largest absolute Gasteiger partial charge is 2.00 e. The van der Waals surface area contributed by atoms with Crippen molar-refractivity contribution in [3.63, 3.8) is 0 Å². The van der Waals surface area contributed by atoms with Gasteiger partial charge in [-0.3, -0.25) is 0 Å². The van der Waals surface area contributed by atoms with Crippen molar-refractivity contribution in [2.45, 2.75) is 18.9 Å². The normalized spacial score (nSPS) is 23.1. The van der Waals surface area contributed by atoms with Crippen LogP contribution in [0.1, 0.15) is 12.0 Å². The standard InChI is InChI=1S/C15H16NO.C5H5.Fe/c1-17-13-7-9-15-12(10-13)6-8-14(16-15)11-4-2-3-5-11;1-2-4-5-3-1;/h2-5,7,9-10,14,16H,6,8H2,1H3;1-5H;/q;;+2. The Morgan fingerprint density at radius 2 is 1.61 bits per heavy atom. The minimum atomic E-state index is 0. The molecule has 0 aromatic heterocycles. The first kappa shape index (κ1) is 18.7. The molecule has 1 heterocycles. The van der Waals surface area contributed by atoms with E-state index in [1.807, 2.05) is 38.2 Å². The Hall–Kier alpha value is -0.661. The summed E-state index contributed by atoms with van der Waals surface area (Å²) in [6, 6.07) is 6.71. The van der Waals surface area contributed by atoms with Gasteiger partial charge in [-0.25, -0.2) is 0 Å². The third kappa shape index (κ3) is 5.16. The number of ether oxygens (including phenoxy) is 1. The number of hydrogen-bond acceptors (Lipinski definition) is 2. The summed E-state index contributed by atoms with van der Waals surface area (Å²) in [5.74, 6) is 2.32. The molecule has 0 bridgehead atoms. The second kappa shape index (κ2) is 9.59. The van der Waals surface area contributed by atoms with E-state index in [1.165, 1.54) is 17.2 Å². The molecule has 3 heteroatoms. The number of nitrogens with one attached hydrogen (secondary N) is 1. The molecule has 0 amide bonds. The summed E-state index contributed by atoms with van der Waals surface area (Å²) in [7, 11) is 1.71. The Bertz CT molecular complexity index is 459. The average Bonchev–Trinajstić information content (AvgIpc) is 3.29. The van der Waals surface area contributed by atoms with Crippen LogP contribution in [0.25, 0.3) is 0 Å². The molecule has 1 unspecified atom stereocenters. The molecule has 1 aromatic carbocycles. The van der Waals surface area contributed by atoms with Crippen molar-refractivity contribution < 1.29 is 21.8 Å². The van der Waals surface area contributed by atoms with Crippen molar-refractivity contribution in [1.29, 1.82) is 0 Å². The molecule has 0 saturated heterocycles. The van der Waals surface area contributed by atoms with E-state index in [0.717, 1.165) is 18.6 Å². The van der Waals surface area contributed by atoms with Crippen LogP contribution in [-0.4, -0.2) is 13.2 Å². The first-order valence-electron chi connectivity index (χ1n) is 7.68. The Labute approximate surface area is 152 Å². The van der Waals surface area contributed by atoms with Crippen LogP contribution in [0.15, 0.2) is 18.2 Å². The van der Waals surface area contributed by atoms with Crippen LogP contribution in [0, 0.1) is 63.7 Å². The summed E-state index contributed by atoms with van der Waals surface area (Å²) in [5.41, 5.74) is 2.59. The number of rotatable bonds is 2. The van der Waals surface area contributed by atoms with Gasteiger partial charge in [-0.05, 0) is 94.4 Å². The molecule has 23 heavy (non-hydrogen) atoms. The molecule has 1 atom stereocenters. The summed E-state index contributed by atoms with van der Waals surface area (Å²) >= 11 is 0. The van der Waals surface area contributed by atoms with Gasteiger partial charge in [0.25, 0.3) is 0 Å². The van der Waals surface area contributed by atoms with Gasteiger partial charge in [-0.15, -0.1) is 0 Å². The summed E-state index contributed by atoms with van der Waals surface area (Å²) < 4.78 is 5.25. The van der Waals surface area contributed by atoms with Gasteiger partial charge in [-0.1, -0.05) is 0 Å². The maximum absolute atomic E-state index is 5.25. The number of aryl methyl sites for hydroxylation is 1. The Balaban J connectivity index is 0.000000276. The van der Waals surface area contributed by atoms with Crippen molar-refractivity contribution >= 4 is 5.69 Å². The molecule has 2 saturated carbocycles. The van der Waals surface area contributed by atoms with E-state index < -0.39 is 0 Å². The van der Waals surface area contributed by atoms with Crippen LogP contribution in [0.4, 0.5) is 5.69 Å². The number of hydrogen-bond donors (Lipinski definition) is 1. The number of fused-ring (bicyclic) bond motifs is 1. The van der Waals surface area contributed by atoms with E-state index in [2.05, 4.69) is 43.1 Å². The van der Waals surface area contributed by atoms with Gasteiger partial charge in [0, 0.05) is 17.6 Å². The summed E-state index contributed by atoms with van der Waals surface area (Å²) in [6.07, 6.45) is 20.8.